The lowest BCUT2D eigenvalue weighted by Gasteiger charge is -2.32. The number of piperazine rings is 1. The van der Waals surface area contributed by atoms with Crippen molar-refractivity contribution in [3.8, 4) is 0 Å². The molecule has 3 rings (SSSR count). The van der Waals surface area contributed by atoms with Crippen LogP contribution in [0.15, 0.2) is 30.3 Å². The Labute approximate surface area is 168 Å². The lowest BCUT2D eigenvalue weighted by atomic mass is 9.95. The molecule has 0 saturated carbocycles. The molecule has 27 heavy (non-hydrogen) atoms. The molecule has 2 saturated heterocycles. The lowest BCUT2D eigenvalue weighted by Crippen LogP contribution is -2.47. The highest BCUT2D eigenvalue weighted by Crippen LogP contribution is 2.18. The maximum atomic E-state index is 12.4. The van der Waals surface area contributed by atoms with Gasteiger partial charge in [0, 0.05) is 51.6 Å². The first kappa shape index (κ1) is 21.7. The van der Waals surface area contributed by atoms with Crippen LogP contribution in [-0.2, 0) is 16.1 Å². The van der Waals surface area contributed by atoms with Gasteiger partial charge in [-0.25, -0.2) is 0 Å². The molecule has 2 aliphatic heterocycles. The number of likely N-dealkylation sites (tertiary alicyclic amines) is 1. The van der Waals surface area contributed by atoms with E-state index in [2.05, 4.69) is 15.5 Å². The van der Waals surface area contributed by atoms with E-state index in [0.717, 1.165) is 64.2 Å². The largest absolute Gasteiger partial charge is 0.352 e. The molecule has 0 bridgehead atoms. The van der Waals surface area contributed by atoms with Crippen molar-refractivity contribution in [1.82, 2.24) is 20.4 Å². The van der Waals surface area contributed by atoms with Crippen molar-refractivity contribution in [2.75, 3.05) is 45.8 Å². The van der Waals surface area contributed by atoms with Crippen molar-refractivity contribution in [3.05, 3.63) is 35.9 Å². The molecule has 0 unspecified atom stereocenters. The fourth-order valence-corrected chi connectivity index (χ4v) is 3.67. The molecule has 2 fully saturated rings. The second-order valence-electron chi connectivity index (χ2n) is 7.20. The summed E-state index contributed by atoms with van der Waals surface area (Å²) in [6.07, 6.45) is 2.34. The zero-order valence-electron chi connectivity index (χ0n) is 15.9. The van der Waals surface area contributed by atoms with E-state index in [0.29, 0.717) is 13.0 Å². The first-order valence-electron chi connectivity index (χ1n) is 9.75. The molecule has 0 spiro atoms. The summed E-state index contributed by atoms with van der Waals surface area (Å²) in [4.78, 5) is 28.9. The van der Waals surface area contributed by atoms with Crippen molar-refractivity contribution < 1.29 is 9.59 Å². The molecule has 0 radical (unpaired) electrons. The Hall–Kier alpha value is -1.63. The van der Waals surface area contributed by atoms with Crippen molar-refractivity contribution in [2.45, 2.75) is 25.8 Å². The minimum atomic E-state index is 0. The van der Waals surface area contributed by atoms with Crippen LogP contribution < -0.4 is 10.6 Å². The Bertz CT molecular complexity index is 585. The number of amides is 2. The summed E-state index contributed by atoms with van der Waals surface area (Å²) in [5.74, 6) is 0.512. The van der Waals surface area contributed by atoms with Crippen LogP contribution in [0.4, 0.5) is 0 Å². The maximum absolute atomic E-state index is 12.4. The van der Waals surface area contributed by atoms with Crippen LogP contribution in [0.5, 0.6) is 0 Å². The van der Waals surface area contributed by atoms with Crippen LogP contribution in [0.1, 0.15) is 24.8 Å². The Balaban J connectivity index is 0.00000261. The predicted molar refractivity (Wildman–Crippen MR) is 109 cm³/mol. The molecule has 7 heteroatoms. The predicted octanol–water partition coefficient (Wildman–Crippen LogP) is 1.26. The van der Waals surface area contributed by atoms with Gasteiger partial charge in [0.2, 0.25) is 11.8 Å². The van der Waals surface area contributed by atoms with Gasteiger partial charge in [0.15, 0.2) is 0 Å². The quantitative estimate of drug-likeness (QED) is 0.762. The third kappa shape index (κ3) is 6.79. The molecule has 0 aliphatic carbocycles. The topological polar surface area (TPSA) is 64.7 Å². The molecular formula is C20H31ClN4O2. The first-order chi connectivity index (χ1) is 12.7. The van der Waals surface area contributed by atoms with Crippen LogP contribution in [-0.4, -0.2) is 67.4 Å². The third-order valence-corrected chi connectivity index (χ3v) is 5.38. The minimum Gasteiger partial charge on any atom is -0.352 e. The van der Waals surface area contributed by atoms with E-state index in [4.69, 9.17) is 0 Å². The molecule has 150 valence electrons. The van der Waals surface area contributed by atoms with Gasteiger partial charge in [-0.3, -0.25) is 9.59 Å². The van der Waals surface area contributed by atoms with Gasteiger partial charge in [0.25, 0.3) is 0 Å². The van der Waals surface area contributed by atoms with Crippen LogP contribution in [0.3, 0.4) is 0 Å². The molecule has 2 amide bonds. The Kier molecular flexibility index (Phi) is 9.04. The summed E-state index contributed by atoms with van der Waals surface area (Å²) in [5, 5.41) is 6.32. The highest BCUT2D eigenvalue weighted by Gasteiger charge is 2.25. The van der Waals surface area contributed by atoms with E-state index in [1.807, 2.05) is 35.2 Å². The molecule has 6 nitrogen and oxygen atoms in total. The smallest absolute Gasteiger partial charge is 0.223 e. The number of nitrogens with one attached hydrogen (secondary N) is 2. The van der Waals surface area contributed by atoms with Gasteiger partial charge < -0.3 is 20.4 Å². The lowest BCUT2D eigenvalue weighted by molar-refractivity contribution is -0.132. The van der Waals surface area contributed by atoms with Gasteiger partial charge in [0.1, 0.15) is 0 Å². The first-order valence-corrected chi connectivity index (χ1v) is 9.75. The molecule has 2 aliphatic rings. The molecule has 1 aromatic carbocycles. The van der Waals surface area contributed by atoms with E-state index < -0.39 is 0 Å². The fraction of sp³-hybridized carbons (Fsp3) is 0.600. The second-order valence-corrected chi connectivity index (χ2v) is 7.20. The number of carbonyl (C=O) groups excluding carboxylic acids is 2. The zero-order valence-corrected chi connectivity index (χ0v) is 16.7. The molecule has 1 aromatic rings. The number of carbonyl (C=O) groups is 2. The number of piperidine rings is 1. The van der Waals surface area contributed by atoms with E-state index in [1.165, 1.54) is 0 Å². The van der Waals surface area contributed by atoms with Crippen LogP contribution >= 0.6 is 12.4 Å². The molecule has 0 atom stereocenters. The van der Waals surface area contributed by atoms with Gasteiger partial charge in [-0.05, 0) is 31.5 Å². The average Bonchev–Trinajstić information content (AvgIpc) is 2.72. The summed E-state index contributed by atoms with van der Waals surface area (Å²) in [5.41, 5.74) is 1.13. The van der Waals surface area contributed by atoms with Gasteiger partial charge in [-0.2, -0.15) is 0 Å². The fourth-order valence-electron chi connectivity index (χ4n) is 3.67. The highest BCUT2D eigenvalue weighted by molar-refractivity contribution is 5.85. The van der Waals surface area contributed by atoms with E-state index in [9.17, 15) is 9.59 Å². The van der Waals surface area contributed by atoms with Gasteiger partial charge in [-0.15, -0.1) is 12.4 Å². The van der Waals surface area contributed by atoms with Crippen molar-refractivity contribution in [3.63, 3.8) is 0 Å². The number of benzene rings is 1. The second kappa shape index (κ2) is 11.3. The maximum Gasteiger partial charge on any atom is 0.223 e. The Morgan fingerprint density at radius 1 is 1.04 bits per heavy atom. The molecular weight excluding hydrogens is 364 g/mol. The molecule has 2 heterocycles. The molecule has 0 aromatic heterocycles. The van der Waals surface area contributed by atoms with Crippen molar-refractivity contribution in [1.29, 1.82) is 0 Å². The number of rotatable bonds is 6. The van der Waals surface area contributed by atoms with Gasteiger partial charge >= 0.3 is 0 Å². The Morgan fingerprint density at radius 2 is 1.70 bits per heavy atom. The number of hydrogen-bond acceptors (Lipinski definition) is 4. The van der Waals surface area contributed by atoms with Crippen LogP contribution in [0, 0.1) is 5.92 Å². The Morgan fingerprint density at radius 3 is 2.37 bits per heavy atom. The minimum absolute atomic E-state index is 0. The van der Waals surface area contributed by atoms with Crippen LogP contribution in [0.25, 0.3) is 0 Å². The van der Waals surface area contributed by atoms with E-state index >= 15 is 0 Å². The summed E-state index contributed by atoms with van der Waals surface area (Å²) in [6, 6.07) is 10.0. The summed E-state index contributed by atoms with van der Waals surface area (Å²) in [6.45, 7) is 6.64. The van der Waals surface area contributed by atoms with Crippen LogP contribution in [0.2, 0.25) is 0 Å². The van der Waals surface area contributed by atoms with E-state index in [1.54, 1.807) is 0 Å². The zero-order chi connectivity index (χ0) is 18.2. The normalized spacial score (nSPS) is 18.6. The van der Waals surface area contributed by atoms with Gasteiger partial charge in [0.05, 0.1) is 0 Å². The standard InChI is InChI=1S/C20H30N4O2.ClH/c25-19(24-14-9-21-10-15-24)8-13-23-11-6-18(7-12-23)20(26)22-16-17-4-2-1-3-5-17;/h1-5,18,21H,6-16H2,(H,22,26);1H. The third-order valence-electron chi connectivity index (χ3n) is 5.38. The summed E-state index contributed by atoms with van der Waals surface area (Å²) >= 11 is 0. The number of halogens is 1. The molecule has 2 N–H and O–H groups in total. The summed E-state index contributed by atoms with van der Waals surface area (Å²) < 4.78 is 0. The average molecular weight is 395 g/mol. The van der Waals surface area contributed by atoms with Crippen molar-refractivity contribution >= 4 is 24.2 Å². The van der Waals surface area contributed by atoms with Crippen molar-refractivity contribution in [2.24, 2.45) is 5.92 Å². The summed E-state index contributed by atoms with van der Waals surface area (Å²) in [7, 11) is 0. The SMILES string of the molecule is Cl.O=C(NCc1ccccc1)C1CCN(CCC(=O)N2CCNCC2)CC1. The number of hydrogen-bond donors (Lipinski definition) is 2. The monoisotopic (exact) mass is 394 g/mol. The number of nitrogens with zero attached hydrogens (tertiary/aromatic N) is 2. The highest BCUT2D eigenvalue weighted by atomic mass is 35.5. The van der Waals surface area contributed by atoms with E-state index in [-0.39, 0.29) is 30.1 Å². The van der Waals surface area contributed by atoms with Gasteiger partial charge in [-0.1, -0.05) is 30.3 Å².